The fraction of sp³-hybridized carbons (Fsp3) is 0.222. The first-order valence-electron chi connectivity index (χ1n) is 4.07. The normalized spacial score (nSPS) is 12.5. The summed E-state index contributed by atoms with van der Waals surface area (Å²) in [6.45, 7) is 0. The monoisotopic (exact) mass is 233 g/mol. The minimum absolute atomic E-state index is 0.0117. The number of carbonyl (C=O) groups is 1. The molecule has 1 unspecified atom stereocenters. The molecular formula is C9H9ClFNO3. The minimum Gasteiger partial charge on any atom is -0.506 e. The Morgan fingerprint density at radius 1 is 1.60 bits per heavy atom. The SMILES string of the molecule is NC(CC(=O)O)c1cc(F)cc(Cl)c1O. The molecule has 4 nitrogen and oxygen atoms in total. The highest BCUT2D eigenvalue weighted by Gasteiger charge is 2.17. The molecule has 0 aliphatic heterocycles. The molecule has 1 aromatic rings. The lowest BCUT2D eigenvalue weighted by Gasteiger charge is -2.12. The number of nitrogens with two attached hydrogens (primary N) is 1. The van der Waals surface area contributed by atoms with Crippen LogP contribution in [0.15, 0.2) is 12.1 Å². The maximum atomic E-state index is 12.9. The number of hydrogen-bond donors (Lipinski definition) is 3. The van der Waals surface area contributed by atoms with E-state index in [9.17, 15) is 14.3 Å². The van der Waals surface area contributed by atoms with Crippen molar-refractivity contribution in [3.05, 3.63) is 28.5 Å². The molecule has 4 N–H and O–H groups in total. The Balaban J connectivity index is 3.07. The highest BCUT2D eigenvalue weighted by molar-refractivity contribution is 6.32. The average Bonchev–Trinajstić information content (AvgIpc) is 2.09. The van der Waals surface area contributed by atoms with Gasteiger partial charge in [0.1, 0.15) is 11.6 Å². The van der Waals surface area contributed by atoms with Crippen molar-refractivity contribution in [2.24, 2.45) is 5.73 Å². The van der Waals surface area contributed by atoms with Crippen LogP contribution in [0.2, 0.25) is 5.02 Å². The maximum Gasteiger partial charge on any atom is 0.305 e. The summed E-state index contributed by atoms with van der Waals surface area (Å²) in [6, 6.07) is 0.901. The Hall–Kier alpha value is -1.33. The molecule has 15 heavy (non-hydrogen) atoms. The van der Waals surface area contributed by atoms with Crippen molar-refractivity contribution in [2.45, 2.75) is 12.5 Å². The van der Waals surface area contributed by atoms with Gasteiger partial charge in [0.25, 0.3) is 0 Å². The molecule has 0 saturated heterocycles. The molecule has 0 aliphatic carbocycles. The van der Waals surface area contributed by atoms with Gasteiger partial charge in [0.05, 0.1) is 11.4 Å². The zero-order valence-electron chi connectivity index (χ0n) is 7.58. The van der Waals surface area contributed by atoms with E-state index in [2.05, 4.69) is 0 Å². The highest BCUT2D eigenvalue weighted by atomic mass is 35.5. The van der Waals surface area contributed by atoms with E-state index in [0.717, 1.165) is 12.1 Å². The molecule has 0 radical (unpaired) electrons. The van der Waals surface area contributed by atoms with Crippen LogP contribution in [0.3, 0.4) is 0 Å². The second kappa shape index (κ2) is 4.46. The van der Waals surface area contributed by atoms with Crippen LogP contribution in [-0.2, 0) is 4.79 Å². The molecule has 0 bridgehead atoms. The van der Waals surface area contributed by atoms with Gasteiger partial charge < -0.3 is 15.9 Å². The highest BCUT2D eigenvalue weighted by Crippen LogP contribution is 2.32. The van der Waals surface area contributed by atoms with Gasteiger partial charge in [-0.05, 0) is 12.1 Å². The molecule has 0 spiro atoms. The van der Waals surface area contributed by atoms with E-state index < -0.39 is 24.2 Å². The first-order valence-corrected chi connectivity index (χ1v) is 4.45. The number of aromatic hydroxyl groups is 1. The molecule has 0 aromatic heterocycles. The van der Waals surface area contributed by atoms with Crippen LogP contribution in [0.25, 0.3) is 0 Å². The lowest BCUT2D eigenvalue weighted by molar-refractivity contribution is -0.137. The number of carboxylic acids is 1. The van der Waals surface area contributed by atoms with Crippen LogP contribution in [0.1, 0.15) is 18.0 Å². The Morgan fingerprint density at radius 3 is 2.73 bits per heavy atom. The van der Waals surface area contributed by atoms with E-state index in [-0.39, 0.29) is 16.3 Å². The van der Waals surface area contributed by atoms with Crippen molar-refractivity contribution >= 4 is 17.6 Å². The zero-order chi connectivity index (χ0) is 11.6. The van der Waals surface area contributed by atoms with E-state index in [0.29, 0.717) is 0 Å². The number of phenolic OH excluding ortho intramolecular Hbond substituents is 1. The van der Waals surface area contributed by atoms with Crippen molar-refractivity contribution in [2.75, 3.05) is 0 Å². The molecule has 6 heteroatoms. The second-order valence-electron chi connectivity index (χ2n) is 3.03. The molecule has 0 saturated carbocycles. The lowest BCUT2D eigenvalue weighted by Crippen LogP contribution is -2.15. The Kier molecular flexibility index (Phi) is 3.49. The van der Waals surface area contributed by atoms with Gasteiger partial charge in [-0.2, -0.15) is 0 Å². The smallest absolute Gasteiger partial charge is 0.305 e. The Labute approximate surface area is 90.1 Å². The zero-order valence-corrected chi connectivity index (χ0v) is 8.33. The van der Waals surface area contributed by atoms with Crippen molar-refractivity contribution in [3.8, 4) is 5.75 Å². The largest absolute Gasteiger partial charge is 0.506 e. The minimum atomic E-state index is -1.14. The van der Waals surface area contributed by atoms with Gasteiger partial charge in [-0.15, -0.1) is 0 Å². The van der Waals surface area contributed by atoms with Gasteiger partial charge >= 0.3 is 5.97 Å². The van der Waals surface area contributed by atoms with E-state index in [1.54, 1.807) is 0 Å². The molecule has 0 fully saturated rings. The molecule has 1 aromatic carbocycles. The summed E-state index contributed by atoms with van der Waals surface area (Å²) in [4.78, 5) is 10.4. The number of rotatable bonds is 3. The number of carboxylic acid groups (broad SMARTS) is 1. The van der Waals surface area contributed by atoms with E-state index in [4.69, 9.17) is 22.4 Å². The first-order chi connectivity index (χ1) is 6.91. The topological polar surface area (TPSA) is 83.6 Å². The molecule has 0 aliphatic rings. The predicted molar refractivity (Wildman–Crippen MR) is 52.3 cm³/mol. The van der Waals surface area contributed by atoms with Crippen LogP contribution >= 0.6 is 11.6 Å². The Morgan fingerprint density at radius 2 is 2.20 bits per heavy atom. The summed E-state index contributed by atoms with van der Waals surface area (Å²) in [5.74, 6) is -2.19. The van der Waals surface area contributed by atoms with E-state index in [1.807, 2.05) is 0 Å². The fourth-order valence-electron chi connectivity index (χ4n) is 1.17. The summed E-state index contributed by atoms with van der Waals surface area (Å²) >= 11 is 5.51. The molecule has 1 atom stereocenters. The molecule has 0 heterocycles. The summed E-state index contributed by atoms with van der Waals surface area (Å²) in [5, 5.41) is 17.7. The maximum absolute atomic E-state index is 12.9. The van der Waals surface area contributed by atoms with Crippen LogP contribution in [0.5, 0.6) is 5.75 Å². The van der Waals surface area contributed by atoms with Crippen molar-refractivity contribution < 1.29 is 19.4 Å². The predicted octanol–water partition coefficient (Wildman–Crippen LogP) is 1.66. The van der Waals surface area contributed by atoms with Gasteiger partial charge in [0, 0.05) is 11.6 Å². The van der Waals surface area contributed by atoms with E-state index in [1.165, 1.54) is 0 Å². The summed E-state index contributed by atoms with van der Waals surface area (Å²) in [7, 11) is 0. The quantitative estimate of drug-likeness (QED) is 0.741. The van der Waals surface area contributed by atoms with Gasteiger partial charge in [0.2, 0.25) is 0 Å². The molecule has 1 rings (SSSR count). The number of benzene rings is 1. The standard InChI is InChI=1S/C9H9ClFNO3/c10-6-2-4(11)1-5(9(6)15)7(12)3-8(13)14/h1-2,7,15H,3,12H2,(H,13,14). The summed E-state index contributed by atoms with van der Waals surface area (Å²) in [6.07, 6.45) is -0.409. The van der Waals surface area contributed by atoms with Gasteiger partial charge in [-0.25, -0.2) is 4.39 Å². The summed E-state index contributed by atoms with van der Waals surface area (Å²) < 4.78 is 12.9. The third kappa shape index (κ3) is 2.81. The number of aliphatic carboxylic acids is 1. The lowest BCUT2D eigenvalue weighted by atomic mass is 10.0. The van der Waals surface area contributed by atoms with Crippen LogP contribution in [0, 0.1) is 5.82 Å². The summed E-state index contributed by atoms with van der Waals surface area (Å²) in [5.41, 5.74) is 5.46. The average molecular weight is 234 g/mol. The van der Waals surface area contributed by atoms with Crippen LogP contribution in [-0.4, -0.2) is 16.2 Å². The second-order valence-corrected chi connectivity index (χ2v) is 3.44. The van der Waals surface area contributed by atoms with Gasteiger partial charge in [-0.3, -0.25) is 4.79 Å². The fourth-order valence-corrected chi connectivity index (χ4v) is 1.38. The first kappa shape index (κ1) is 11.7. The molecule has 82 valence electrons. The number of hydrogen-bond acceptors (Lipinski definition) is 3. The van der Waals surface area contributed by atoms with E-state index >= 15 is 0 Å². The van der Waals surface area contributed by atoms with Gasteiger partial charge in [0.15, 0.2) is 0 Å². The van der Waals surface area contributed by atoms with Gasteiger partial charge in [-0.1, -0.05) is 11.6 Å². The Bertz CT molecular complexity index is 397. The number of phenols is 1. The van der Waals surface area contributed by atoms with Crippen molar-refractivity contribution in [1.82, 2.24) is 0 Å². The molecule has 0 amide bonds. The third-order valence-electron chi connectivity index (χ3n) is 1.85. The van der Waals surface area contributed by atoms with Crippen LogP contribution < -0.4 is 5.73 Å². The van der Waals surface area contributed by atoms with Crippen molar-refractivity contribution in [3.63, 3.8) is 0 Å². The van der Waals surface area contributed by atoms with Crippen molar-refractivity contribution in [1.29, 1.82) is 0 Å². The van der Waals surface area contributed by atoms with Crippen LogP contribution in [0.4, 0.5) is 4.39 Å². The third-order valence-corrected chi connectivity index (χ3v) is 2.14. The molecular weight excluding hydrogens is 225 g/mol. The number of halogens is 2.